The molecule has 0 saturated heterocycles. The van der Waals surface area contributed by atoms with E-state index in [1.807, 2.05) is 0 Å². The average molecular weight is 324 g/mol. The summed E-state index contributed by atoms with van der Waals surface area (Å²) in [5, 5.41) is 0. The molecule has 0 amide bonds. The monoisotopic (exact) mass is 324 g/mol. The first kappa shape index (κ1) is 15.3. The molecule has 0 bridgehead atoms. The summed E-state index contributed by atoms with van der Waals surface area (Å²) in [6.07, 6.45) is -2.23. The highest BCUT2D eigenvalue weighted by molar-refractivity contribution is 5.52. The second kappa shape index (κ2) is 5.56. The highest BCUT2D eigenvalue weighted by Crippen LogP contribution is 2.35. The van der Waals surface area contributed by atoms with Crippen LogP contribution < -0.4 is 16.4 Å². The topological polar surface area (TPSA) is 93.9 Å². The van der Waals surface area contributed by atoms with E-state index in [0.717, 1.165) is 11.6 Å². The molecule has 0 aromatic carbocycles. The van der Waals surface area contributed by atoms with Crippen LogP contribution in [0.1, 0.15) is 16.8 Å². The molecule has 4 N–H and O–H groups in total. The Hall–Kier alpha value is -2.58. The molecular weight excluding hydrogens is 309 g/mol. The molecule has 6 nitrogen and oxygen atoms in total. The summed E-state index contributed by atoms with van der Waals surface area (Å²) in [5.41, 5.74) is 12.1. The van der Waals surface area contributed by atoms with Gasteiger partial charge in [0.2, 0.25) is 5.95 Å². The van der Waals surface area contributed by atoms with Gasteiger partial charge in [-0.3, -0.25) is 0 Å². The van der Waals surface area contributed by atoms with Crippen LogP contribution in [0.15, 0.2) is 18.3 Å². The maximum absolute atomic E-state index is 13.2. The third-order valence-corrected chi connectivity index (χ3v) is 3.78. The predicted molar refractivity (Wildman–Crippen MR) is 79.7 cm³/mol. The fraction of sp³-hybridized carbons (Fsp3) is 0.357. The normalized spacial score (nSPS) is 15.2. The van der Waals surface area contributed by atoms with E-state index in [-0.39, 0.29) is 17.6 Å². The van der Waals surface area contributed by atoms with Gasteiger partial charge in [0, 0.05) is 31.3 Å². The molecular formula is C14H15F3N6. The van der Waals surface area contributed by atoms with E-state index >= 15 is 0 Å². The van der Waals surface area contributed by atoms with Crippen LogP contribution in [-0.4, -0.2) is 28.0 Å². The minimum atomic E-state index is -4.45. The lowest BCUT2D eigenvalue weighted by atomic mass is 10.1. The summed E-state index contributed by atoms with van der Waals surface area (Å²) in [7, 11) is 0. The molecule has 122 valence electrons. The van der Waals surface area contributed by atoms with Gasteiger partial charge in [-0.15, -0.1) is 0 Å². The van der Waals surface area contributed by atoms with Crippen molar-refractivity contribution in [3.05, 3.63) is 35.2 Å². The van der Waals surface area contributed by atoms with Gasteiger partial charge in [0.25, 0.3) is 0 Å². The van der Waals surface area contributed by atoms with E-state index in [1.54, 1.807) is 4.90 Å². The van der Waals surface area contributed by atoms with E-state index < -0.39 is 11.7 Å². The second-order valence-corrected chi connectivity index (χ2v) is 5.25. The Kier molecular flexibility index (Phi) is 3.70. The standard InChI is InChI=1S/C14H15F3N6/c15-14(16,17)9-2-1-5-20-12(9)23-6-3-8-10(4-7-23)21-13(19)22-11(8)18/h1-2,5H,3-4,6-7H2,(H4,18,19,21,22). The van der Waals surface area contributed by atoms with Crippen LogP contribution in [0.5, 0.6) is 0 Å². The molecule has 3 heterocycles. The summed E-state index contributed by atoms with van der Waals surface area (Å²) in [6.45, 7) is 0.702. The van der Waals surface area contributed by atoms with E-state index in [1.165, 1.54) is 12.3 Å². The molecule has 0 fully saturated rings. The summed E-state index contributed by atoms with van der Waals surface area (Å²) in [6, 6.07) is 2.32. The number of aromatic nitrogens is 3. The zero-order valence-electron chi connectivity index (χ0n) is 12.1. The fourth-order valence-electron chi connectivity index (χ4n) is 2.73. The van der Waals surface area contributed by atoms with Crippen LogP contribution in [0.4, 0.5) is 30.8 Å². The minimum absolute atomic E-state index is 0.0727. The maximum Gasteiger partial charge on any atom is 0.419 e. The number of fused-ring (bicyclic) bond motifs is 1. The Morgan fingerprint density at radius 3 is 2.57 bits per heavy atom. The van der Waals surface area contributed by atoms with Crippen molar-refractivity contribution in [1.29, 1.82) is 0 Å². The molecule has 0 saturated carbocycles. The van der Waals surface area contributed by atoms with Crippen LogP contribution in [0, 0.1) is 0 Å². The highest BCUT2D eigenvalue weighted by atomic mass is 19.4. The number of pyridine rings is 1. The van der Waals surface area contributed by atoms with Crippen LogP contribution in [-0.2, 0) is 19.0 Å². The number of nitrogens with zero attached hydrogens (tertiary/aromatic N) is 4. The molecule has 0 unspecified atom stereocenters. The summed E-state index contributed by atoms with van der Waals surface area (Å²) >= 11 is 0. The Balaban J connectivity index is 1.93. The number of halogens is 3. The zero-order chi connectivity index (χ0) is 16.6. The molecule has 0 aliphatic carbocycles. The molecule has 9 heteroatoms. The number of rotatable bonds is 1. The van der Waals surface area contributed by atoms with Crippen molar-refractivity contribution in [2.75, 3.05) is 29.5 Å². The Morgan fingerprint density at radius 2 is 1.83 bits per heavy atom. The average Bonchev–Trinajstić information content (AvgIpc) is 2.69. The van der Waals surface area contributed by atoms with Crippen LogP contribution >= 0.6 is 0 Å². The lowest BCUT2D eigenvalue weighted by Gasteiger charge is -2.24. The molecule has 2 aromatic rings. The van der Waals surface area contributed by atoms with Crippen molar-refractivity contribution in [1.82, 2.24) is 15.0 Å². The van der Waals surface area contributed by atoms with Gasteiger partial charge in [0.15, 0.2) is 0 Å². The highest BCUT2D eigenvalue weighted by Gasteiger charge is 2.36. The van der Waals surface area contributed by atoms with E-state index in [9.17, 15) is 13.2 Å². The summed E-state index contributed by atoms with van der Waals surface area (Å²) in [4.78, 5) is 13.6. The first-order chi connectivity index (χ1) is 10.9. The van der Waals surface area contributed by atoms with Crippen molar-refractivity contribution in [2.45, 2.75) is 19.0 Å². The SMILES string of the molecule is Nc1nc(N)c2c(n1)CCN(c1ncccc1C(F)(F)F)CC2. The van der Waals surface area contributed by atoms with Gasteiger partial charge < -0.3 is 16.4 Å². The molecule has 0 radical (unpaired) electrons. The lowest BCUT2D eigenvalue weighted by molar-refractivity contribution is -0.137. The van der Waals surface area contributed by atoms with Crippen molar-refractivity contribution in [3.8, 4) is 0 Å². The van der Waals surface area contributed by atoms with E-state index in [4.69, 9.17) is 11.5 Å². The summed E-state index contributed by atoms with van der Waals surface area (Å²) in [5.74, 6) is 0.280. The Bertz CT molecular complexity index is 731. The number of hydrogen-bond acceptors (Lipinski definition) is 6. The number of nitrogen functional groups attached to an aromatic ring is 2. The van der Waals surface area contributed by atoms with Crippen LogP contribution in [0.25, 0.3) is 0 Å². The number of anilines is 3. The maximum atomic E-state index is 13.2. The minimum Gasteiger partial charge on any atom is -0.383 e. The van der Waals surface area contributed by atoms with E-state index in [0.29, 0.717) is 31.6 Å². The Labute approximate surface area is 130 Å². The molecule has 0 spiro atoms. The zero-order valence-corrected chi connectivity index (χ0v) is 12.1. The summed E-state index contributed by atoms with van der Waals surface area (Å²) < 4.78 is 39.5. The van der Waals surface area contributed by atoms with Crippen molar-refractivity contribution in [2.24, 2.45) is 0 Å². The third kappa shape index (κ3) is 2.99. The van der Waals surface area contributed by atoms with Crippen molar-refractivity contribution in [3.63, 3.8) is 0 Å². The smallest absolute Gasteiger partial charge is 0.383 e. The molecule has 2 aromatic heterocycles. The first-order valence-corrected chi connectivity index (χ1v) is 7.04. The van der Waals surface area contributed by atoms with Gasteiger partial charge >= 0.3 is 6.18 Å². The van der Waals surface area contributed by atoms with Gasteiger partial charge in [-0.2, -0.15) is 18.2 Å². The number of alkyl halides is 3. The fourth-order valence-corrected chi connectivity index (χ4v) is 2.73. The van der Waals surface area contributed by atoms with Gasteiger partial charge in [-0.25, -0.2) is 9.97 Å². The molecule has 1 aliphatic heterocycles. The Morgan fingerprint density at radius 1 is 1.09 bits per heavy atom. The molecule has 23 heavy (non-hydrogen) atoms. The molecule has 0 atom stereocenters. The van der Waals surface area contributed by atoms with Gasteiger partial charge in [0.1, 0.15) is 11.6 Å². The first-order valence-electron chi connectivity index (χ1n) is 7.04. The largest absolute Gasteiger partial charge is 0.419 e. The molecule has 3 rings (SSSR count). The molecule has 1 aliphatic rings. The van der Waals surface area contributed by atoms with Gasteiger partial charge in [-0.05, 0) is 18.6 Å². The number of hydrogen-bond donors (Lipinski definition) is 2. The van der Waals surface area contributed by atoms with Crippen LogP contribution in [0.3, 0.4) is 0 Å². The number of nitrogens with two attached hydrogens (primary N) is 2. The third-order valence-electron chi connectivity index (χ3n) is 3.78. The van der Waals surface area contributed by atoms with E-state index in [2.05, 4.69) is 15.0 Å². The van der Waals surface area contributed by atoms with Gasteiger partial charge in [0.05, 0.1) is 11.3 Å². The quantitative estimate of drug-likeness (QED) is 0.828. The van der Waals surface area contributed by atoms with Crippen molar-refractivity contribution < 1.29 is 13.2 Å². The van der Waals surface area contributed by atoms with Gasteiger partial charge in [-0.1, -0.05) is 0 Å². The van der Waals surface area contributed by atoms with Crippen molar-refractivity contribution >= 4 is 17.6 Å². The second-order valence-electron chi connectivity index (χ2n) is 5.25. The van der Waals surface area contributed by atoms with Crippen LogP contribution in [0.2, 0.25) is 0 Å². The predicted octanol–water partition coefficient (Wildman–Crippen LogP) is 1.66. The lowest BCUT2D eigenvalue weighted by Crippen LogP contribution is -2.29.